The van der Waals surface area contributed by atoms with E-state index in [-0.39, 0.29) is 0 Å². The number of hydrogen-bond acceptors (Lipinski definition) is 2. The topological polar surface area (TPSA) is 12.5 Å². The predicted octanol–water partition coefficient (Wildman–Crippen LogP) is 3.32. The lowest BCUT2D eigenvalue weighted by molar-refractivity contribution is -0.0286. The molecule has 1 fully saturated rings. The van der Waals surface area contributed by atoms with E-state index in [9.17, 15) is 0 Å². The zero-order chi connectivity index (χ0) is 13.0. The molecule has 1 aliphatic heterocycles. The second kappa shape index (κ2) is 6.35. The van der Waals surface area contributed by atoms with Crippen LogP contribution in [0.5, 0.6) is 0 Å². The maximum Gasteiger partial charge on any atom is 0.113 e. The van der Waals surface area contributed by atoms with E-state index in [1.165, 1.54) is 31.2 Å². The van der Waals surface area contributed by atoms with Crippen molar-refractivity contribution in [1.82, 2.24) is 4.90 Å². The number of hydrogen-bond donors (Lipinski definition) is 0. The number of nitrogens with zero attached hydrogens (tertiary/aromatic N) is 1. The summed E-state index contributed by atoms with van der Waals surface area (Å²) in [4.78, 5) is 2.37. The van der Waals surface area contributed by atoms with Gasteiger partial charge in [-0.05, 0) is 45.2 Å². The highest BCUT2D eigenvalue weighted by Crippen LogP contribution is 2.32. The third-order valence-corrected chi connectivity index (χ3v) is 4.27. The Labute approximate surface area is 111 Å². The molecule has 1 heterocycles. The molecule has 0 aromatic heterocycles. The highest BCUT2D eigenvalue weighted by Gasteiger charge is 2.35. The molecule has 0 spiro atoms. The van der Waals surface area contributed by atoms with E-state index in [2.05, 4.69) is 49.2 Å². The minimum absolute atomic E-state index is 0.316. The van der Waals surface area contributed by atoms with Gasteiger partial charge in [0.25, 0.3) is 0 Å². The molecule has 0 aliphatic carbocycles. The third kappa shape index (κ3) is 3.12. The van der Waals surface area contributed by atoms with E-state index in [0.717, 1.165) is 0 Å². The smallest absolute Gasteiger partial charge is 0.113 e. The molecule has 2 heteroatoms. The standard InChI is InChI=1S/C16H25NO/c1-13-12-15(16(18-3)17(13)2)11-7-10-14-8-5-4-6-9-14/h4-6,8-9,13,15-16H,7,10-12H2,1-3H3. The molecule has 0 amide bonds. The van der Waals surface area contributed by atoms with Gasteiger partial charge in [-0.2, -0.15) is 0 Å². The molecule has 2 nitrogen and oxygen atoms in total. The van der Waals surface area contributed by atoms with E-state index in [4.69, 9.17) is 4.74 Å². The van der Waals surface area contributed by atoms with Crippen molar-refractivity contribution in [3.8, 4) is 0 Å². The van der Waals surface area contributed by atoms with Crippen LogP contribution in [-0.2, 0) is 11.2 Å². The van der Waals surface area contributed by atoms with Gasteiger partial charge in [-0.3, -0.25) is 4.90 Å². The number of likely N-dealkylation sites (tertiary alicyclic amines) is 1. The van der Waals surface area contributed by atoms with Gasteiger partial charge in [0.1, 0.15) is 6.23 Å². The Kier molecular flexibility index (Phi) is 4.79. The fourth-order valence-corrected chi connectivity index (χ4v) is 3.14. The zero-order valence-corrected chi connectivity index (χ0v) is 11.8. The van der Waals surface area contributed by atoms with Gasteiger partial charge in [-0.15, -0.1) is 0 Å². The first-order valence-corrected chi connectivity index (χ1v) is 7.01. The van der Waals surface area contributed by atoms with Crippen LogP contribution >= 0.6 is 0 Å². The van der Waals surface area contributed by atoms with Crippen LogP contribution in [0.2, 0.25) is 0 Å². The van der Waals surface area contributed by atoms with Crippen molar-refractivity contribution in [3.63, 3.8) is 0 Å². The maximum absolute atomic E-state index is 5.64. The SMILES string of the molecule is COC1C(CCCc2ccccc2)CC(C)N1C. The summed E-state index contributed by atoms with van der Waals surface area (Å²) in [5, 5.41) is 0. The second-order valence-electron chi connectivity index (χ2n) is 5.51. The molecule has 0 N–H and O–H groups in total. The summed E-state index contributed by atoms with van der Waals surface area (Å²) in [6, 6.07) is 11.4. The van der Waals surface area contributed by atoms with Crippen LogP contribution in [0.3, 0.4) is 0 Å². The van der Waals surface area contributed by atoms with Crippen molar-refractivity contribution in [3.05, 3.63) is 35.9 Å². The third-order valence-electron chi connectivity index (χ3n) is 4.27. The molecule has 0 radical (unpaired) electrons. The van der Waals surface area contributed by atoms with Gasteiger partial charge >= 0.3 is 0 Å². The van der Waals surface area contributed by atoms with Gasteiger partial charge in [0.2, 0.25) is 0 Å². The Bertz CT molecular complexity index is 351. The van der Waals surface area contributed by atoms with Crippen molar-refractivity contribution in [1.29, 1.82) is 0 Å². The van der Waals surface area contributed by atoms with Gasteiger partial charge < -0.3 is 4.74 Å². The van der Waals surface area contributed by atoms with Crippen LogP contribution in [-0.4, -0.2) is 31.3 Å². The summed E-state index contributed by atoms with van der Waals surface area (Å²) in [5.41, 5.74) is 1.45. The van der Waals surface area contributed by atoms with Crippen LogP contribution in [0.15, 0.2) is 30.3 Å². The second-order valence-corrected chi connectivity index (χ2v) is 5.51. The molecular weight excluding hydrogens is 222 g/mol. The number of aryl methyl sites for hydroxylation is 1. The molecule has 1 saturated heterocycles. The van der Waals surface area contributed by atoms with Gasteiger partial charge in [-0.25, -0.2) is 0 Å². The van der Waals surface area contributed by atoms with Gasteiger partial charge in [-0.1, -0.05) is 30.3 Å². The summed E-state index contributed by atoms with van der Waals surface area (Å²) in [5.74, 6) is 0.693. The van der Waals surface area contributed by atoms with Crippen molar-refractivity contribution in [2.45, 2.75) is 44.9 Å². The van der Waals surface area contributed by atoms with Crippen LogP contribution in [0.4, 0.5) is 0 Å². The maximum atomic E-state index is 5.64. The van der Waals surface area contributed by atoms with E-state index < -0.39 is 0 Å². The fraction of sp³-hybridized carbons (Fsp3) is 0.625. The van der Waals surface area contributed by atoms with Crippen LogP contribution < -0.4 is 0 Å². The molecule has 2 rings (SSSR count). The largest absolute Gasteiger partial charge is 0.366 e. The van der Waals surface area contributed by atoms with Crippen molar-refractivity contribution in [2.75, 3.05) is 14.2 Å². The van der Waals surface area contributed by atoms with Gasteiger partial charge in [0, 0.05) is 19.1 Å². The van der Waals surface area contributed by atoms with Crippen LogP contribution in [0.1, 0.15) is 31.7 Å². The molecule has 3 unspecified atom stereocenters. The molecule has 1 aliphatic rings. The molecule has 1 aromatic rings. The average molecular weight is 247 g/mol. The summed E-state index contributed by atoms with van der Waals surface area (Å²) >= 11 is 0. The van der Waals surface area contributed by atoms with Crippen molar-refractivity contribution < 1.29 is 4.74 Å². The molecule has 18 heavy (non-hydrogen) atoms. The number of rotatable bonds is 5. The summed E-state index contributed by atoms with van der Waals surface area (Å²) in [7, 11) is 4.01. The number of ether oxygens (including phenoxy) is 1. The van der Waals surface area contributed by atoms with Gasteiger partial charge in [0.05, 0.1) is 0 Å². The first-order chi connectivity index (χ1) is 8.72. The summed E-state index contributed by atoms with van der Waals surface area (Å²) in [6.07, 6.45) is 5.29. The van der Waals surface area contributed by atoms with Crippen molar-refractivity contribution >= 4 is 0 Å². The summed E-state index contributed by atoms with van der Waals surface area (Å²) in [6.45, 7) is 2.29. The normalized spacial score (nSPS) is 28.7. The quantitative estimate of drug-likeness (QED) is 0.791. The summed E-state index contributed by atoms with van der Waals surface area (Å²) < 4.78 is 5.64. The van der Waals surface area contributed by atoms with Gasteiger partial charge in [0.15, 0.2) is 0 Å². The fourth-order valence-electron chi connectivity index (χ4n) is 3.14. The monoisotopic (exact) mass is 247 g/mol. The molecular formula is C16H25NO. The molecule has 100 valence electrons. The lowest BCUT2D eigenvalue weighted by Gasteiger charge is -2.24. The Morgan fingerprint density at radius 2 is 2.00 bits per heavy atom. The highest BCUT2D eigenvalue weighted by atomic mass is 16.5. The Balaban J connectivity index is 1.80. The Morgan fingerprint density at radius 3 is 2.67 bits per heavy atom. The Morgan fingerprint density at radius 1 is 1.28 bits per heavy atom. The minimum Gasteiger partial charge on any atom is -0.366 e. The average Bonchev–Trinajstić information content (AvgIpc) is 2.66. The first-order valence-electron chi connectivity index (χ1n) is 7.01. The first kappa shape index (κ1) is 13.6. The molecule has 0 saturated carbocycles. The van der Waals surface area contributed by atoms with Crippen LogP contribution in [0.25, 0.3) is 0 Å². The predicted molar refractivity (Wildman–Crippen MR) is 75.5 cm³/mol. The van der Waals surface area contributed by atoms with E-state index >= 15 is 0 Å². The van der Waals surface area contributed by atoms with Crippen LogP contribution in [0, 0.1) is 5.92 Å². The molecule has 1 aromatic carbocycles. The van der Waals surface area contributed by atoms with E-state index in [1.807, 2.05) is 7.11 Å². The lowest BCUT2D eigenvalue weighted by Crippen LogP contribution is -2.34. The van der Waals surface area contributed by atoms with E-state index in [0.29, 0.717) is 18.2 Å². The number of benzene rings is 1. The Hall–Kier alpha value is -0.860. The van der Waals surface area contributed by atoms with Crippen molar-refractivity contribution in [2.24, 2.45) is 5.92 Å². The zero-order valence-electron chi connectivity index (χ0n) is 11.8. The molecule has 0 bridgehead atoms. The lowest BCUT2D eigenvalue weighted by atomic mass is 9.96. The highest BCUT2D eigenvalue weighted by molar-refractivity contribution is 5.14. The number of methoxy groups -OCH3 is 1. The molecule has 3 atom stereocenters. The van der Waals surface area contributed by atoms with E-state index in [1.54, 1.807) is 0 Å². The minimum atomic E-state index is 0.316.